The van der Waals surface area contributed by atoms with Crippen LogP contribution in [0.3, 0.4) is 0 Å². The number of benzene rings is 3. The number of hydrogen-bond donors (Lipinski definition) is 0. The number of ether oxygens (including phenoxy) is 2. The van der Waals surface area contributed by atoms with Crippen LogP contribution < -0.4 is 15.0 Å². The van der Waals surface area contributed by atoms with Crippen molar-refractivity contribution in [3.8, 4) is 17.2 Å². The molecule has 0 aliphatic heterocycles. The summed E-state index contributed by atoms with van der Waals surface area (Å²) in [6.07, 6.45) is 0. The standard InChI is InChI=1S/C21H20N2O3/c1-4-22-21(24)17-18(23(22)14-10-6-5-7-11-14)20(26-3)16-13-9-8-12-15(16)19(17)25-2/h5-13H,4H2,1-3H3. The van der Waals surface area contributed by atoms with Gasteiger partial charge in [-0.15, -0.1) is 0 Å². The minimum atomic E-state index is -0.0905. The van der Waals surface area contributed by atoms with E-state index in [2.05, 4.69) is 0 Å². The Morgan fingerprint density at radius 1 is 0.846 bits per heavy atom. The first-order valence-electron chi connectivity index (χ1n) is 8.56. The highest BCUT2D eigenvalue weighted by Gasteiger charge is 2.25. The van der Waals surface area contributed by atoms with E-state index in [-0.39, 0.29) is 5.56 Å². The highest BCUT2D eigenvalue weighted by atomic mass is 16.5. The van der Waals surface area contributed by atoms with Crippen LogP contribution in [0.1, 0.15) is 6.92 Å². The van der Waals surface area contributed by atoms with Crippen LogP contribution in [0.4, 0.5) is 0 Å². The first-order chi connectivity index (χ1) is 12.7. The number of fused-ring (bicyclic) bond motifs is 2. The van der Waals surface area contributed by atoms with Crippen LogP contribution in [0.25, 0.3) is 27.4 Å². The van der Waals surface area contributed by atoms with Crippen LogP contribution in [0.5, 0.6) is 11.5 Å². The third kappa shape index (κ3) is 2.13. The molecule has 0 aliphatic rings. The SMILES string of the molecule is CCn1c(=O)c2c(OC)c3ccccc3c(OC)c2n1-c1ccccc1. The summed E-state index contributed by atoms with van der Waals surface area (Å²) in [6.45, 7) is 2.49. The Kier molecular flexibility index (Phi) is 3.92. The van der Waals surface area contributed by atoms with Crippen molar-refractivity contribution in [1.29, 1.82) is 0 Å². The quantitative estimate of drug-likeness (QED) is 0.560. The Morgan fingerprint density at radius 2 is 1.42 bits per heavy atom. The summed E-state index contributed by atoms with van der Waals surface area (Å²) in [6, 6.07) is 17.6. The molecule has 0 N–H and O–H groups in total. The maximum Gasteiger partial charge on any atom is 0.278 e. The third-order valence-corrected chi connectivity index (χ3v) is 4.71. The lowest BCUT2D eigenvalue weighted by atomic mass is 10.0. The largest absolute Gasteiger partial charge is 0.495 e. The topological polar surface area (TPSA) is 45.4 Å². The normalized spacial score (nSPS) is 11.2. The molecule has 1 aromatic heterocycles. The van der Waals surface area contributed by atoms with E-state index in [1.165, 1.54) is 0 Å². The summed E-state index contributed by atoms with van der Waals surface area (Å²) < 4.78 is 15.1. The summed E-state index contributed by atoms with van der Waals surface area (Å²) in [5.74, 6) is 1.25. The fraction of sp³-hybridized carbons (Fsp3) is 0.190. The molecular formula is C21H20N2O3. The van der Waals surface area contributed by atoms with Crippen LogP contribution in [-0.4, -0.2) is 23.6 Å². The summed E-state index contributed by atoms with van der Waals surface area (Å²) in [4.78, 5) is 13.3. The zero-order valence-electron chi connectivity index (χ0n) is 15.0. The molecule has 132 valence electrons. The molecule has 5 heteroatoms. The smallest absolute Gasteiger partial charge is 0.278 e. The van der Waals surface area contributed by atoms with Gasteiger partial charge in [-0.3, -0.25) is 4.79 Å². The van der Waals surface area contributed by atoms with E-state index < -0.39 is 0 Å². The van der Waals surface area contributed by atoms with Crippen LogP contribution >= 0.6 is 0 Å². The van der Waals surface area contributed by atoms with E-state index >= 15 is 0 Å². The lowest BCUT2D eigenvalue weighted by molar-refractivity contribution is 0.416. The van der Waals surface area contributed by atoms with Gasteiger partial charge < -0.3 is 9.47 Å². The van der Waals surface area contributed by atoms with Gasteiger partial charge in [-0.1, -0.05) is 42.5 Å². The van der Waals surface area contributed by atoms with Gasteiger partial charge in [0.1, 0.15) is 16.7 Å². The minimum Gasteiger partial charge on any atom is -0.495 e. The Balaban J connectivity index is 2.33. The molecule has 0 amide bonds. The summed E-state index contributed by atoms with van der Waals surface area (Å²) in [5.41, 5.74) is 1.53. The van der Waals surface area contributed by atoms with Crippen molar-refractivity contribution >= 4 is 21.7 Å². The van der Waals surface area contributed by atoms with E-state index in [9.17, 15) is 4.79 Å². The van der Waals surface area contributed by atoms with Gasteiger partial charge in [0.2, 0.25) is 0 Å². The molecule has 0 fully saturated rings. The predicted molar refractivity (Wildman–Crippen MR) is 104 cm³/mol. The Bertz CT molecular complexity index is 1160. The molecule has 0 atom stereocenters. The van der Waals surface area contributed by atoms with Crippen molar-refractivity contribution < 1.29 is 9.47 Å². The van der Waals surface area contributed by atoms with Crippen LogP contribution in [0, 0.1) is 0 Å². The summed E-state index contributed by atoms with van der Waals surface area (Å²) in [5, 5.41) is 2.32. The number of aromatic nitrogens is 2. The number of methoxy groups -OCH3 is 2. The van der Waals surface area contributed by atoms with Crippen molar-refractivity contribution in [3.63, 3.8) is 0 Å². The molecule has 0 radical (unpaired) electrons. The van der Waals surface area contributed by atoms with Gasteiger partial charge in [0.05, 0.1) is 19.9 Å². The van der Waals surface area contributed by atoms with Gasteiger partial charge >= 0.3 is 0 Å². The first kappa shape index (κ1) is 16.3. The van der Waals surface area contributed by atoms with E-state index in [4.69, 9.17) is 9.47 Å². The van der Waals surface area contributed by atoms with Gasteiger partial charge in [-0.25, -0.2) is 9.36 Å². The molecular weight excluding hydrogens is 328 g/mol. The van der Waals surface area contributed by atoms with Crippen LogP contribution in [0.15, 0.2) is 59.4 Å². The monoisotopic (exact) mass is 348 g/mol. The molecule has 26 heavy (non-hydrogen) atoms. The van der Waals surface area contributed by atoms with Gasteiger partial charge in [0, 0.05) is 17.3 Å². The maximum absolute atomic E-state index is 13.3. The van der Waals surface area contributed by atoms with E-state index in [1.54, 1.807) is 18.9 Å². The Morgan fingerprint density at radius 3 is 2.00 bits per heavy atom. The van der Waals surface area contributed by atoms with E-state index in [1.807, 2.05) is 66.2 Å². The maximum atomic E-state index is 13.3. The molecule has 4 rings (SSSR count). The average Bonchev–Trinajstić information content (AvgIpc) is 2.99. The molecule has 0 saturated heterocycles. The second-order valence-electron chi connectivity index (χ2n) is 6.00. The number of para-hydroxylation sites is 1. The second kappa shape index (κ2) is 6.26. The molecule has 0 aliphatic carbocycles. The van der Waals surface area contributed by atoms with Crippen molar-refractivity contribution in [1.82, 2.24) is 9.36 Å². The molecule has 5 nitrogen and oxygen atoms in total. The first-order valence-corrected chi connectivity index (χ1v) is 8.56. The van der Waals surface area contributed by atoms with Crippen molar-refractivity contribution in [2.45, 2.75) is 13.5 Å². The zero-order chi connectivity index (χ0) is 18.3. The van der Waals surface area contributed by atoms with Gasteiger partial charge in [0.25, 0.3) is 5.56 Å². The second-order valence-corrected chi connectivity index (χ2v) is 6.00. The molecule has 4 aromatic rings. The Labute approximate surface area is 151 Å². The average molecular weight is 348 g/mol. The van der Waals surface area contributed by atoms with E-state index in [0.29, 0.717) is 23.4 Å². The Hall–Kier alpha value is -3.21. The van der Waals surface area contributed by atoms with E-state index in [0.717, 1.165) is 22.0 Å². The molecule has 3 aromatic carbocycles. The van der Waals surface area contributed by atoms with Crippen LogP contribution in [0.2, 0.25) is 0 Å². The van der Waals surface area contributed by atoms with Crippen LogP contribution in [-0.2, 0) is 6.54 Å². The zero-order valence-corrected chi connectivity index (χ0v) is 15.0. The molecule has 0 bridgehead atoms. The van der Waals surface area contributed by atoms with Crippen molar-refractivity contribution in [2.75, 3.05) is 14.2 Å². The lowest BCUT2D eigenvalue weighted by Crippen LogP contribution is -2.21. The minimum absolute atomic E-state index is 0.0905. The molecule has 1 heterocycles. The molecule has 0 unspecified atom stereocenters. The lowest BCUT2D eigenvalue weighted by Gasteiger charge is -2.15. The van der Waals surface area contributed by atoms with Gasteiger partial charge in [-0.2, -0.15) is 0 Å². The van der Waals surface area contributed by atoms with Gasteiger partial charge in [0.15, 0.2) is 5.75 Å². The van der Waals surface area contributed by atoms with Crippen molar-refractivity contribution in [2.24, 2.45) is 0 Å². The van der Waals surface area contributed by atoms with Gasteiger partial charge in [-0.05, 0) is 19.1 Å². The molecule has 0 spiro atoms. The number of hydrogen-bond acceptors (Lipinski definition) is 3. The predicted octanol–water partition coefficient (Wildman–Crippen LogP) is 3.98. The van der Waals surface area contributed by atoms with Crippen molar-refractivity contribution in [3.05, 3.63) is 65.0 Å². The fourth-order valence-corrected chi connectivity index (χ4v) is 3.64. The summed E-state index contributed by atoms with van der Waals surface area (Å²) in [7, 11) is 3.24. The fourth-order valence-electron chi connectivity index (χ4n) is 3.64. The summed E-state index contributed by atoms with van der Waals surface area (Å²) >= 11 is 0. The number of nitrogens with zero attached hydrogens (tertiary/aromatic N) is 2. The highest BCUT2D eigenvalue weighted by Crippen LogP contribution is 2.42. The third-order valence-electron chi connectivity index (χ3n) is 4.71. The number of rotatable bonds is 4. The highest BCUT2D eigenvalue weighted by molar-refractivity contribution is 6.10. The molecule has 0 saturated carbocycles.